The topological polar surface area (TPSA) is 310 Å². The zero-order valence-corrected chi connectivity index (χ0v) is 32.1. The molecule has 0 aromatic carbocycles. The lowest BCUT2D eigenvalue weighted by Crippen LogP contribution is -2.62. The predicted molar refractivity (Wildman–Crippen MR) is 185 cm³/mol. The predicted octanol–water partition coefficient (Wildman–Crippen LogP) is 0.409. The molecule has 0 fully saturated rings. The first-order valence-corrected chi connectivity index (χ1v) is 16.6. The molecule has 0 aromatic rings. The standard InChI is InChI=1S/C33H49N5O17/c1-15(39)34-24-20(36-29(37-30(48)54-32(5,6)7)38-31(49)55-33(8,9)10)13-21(27(45)35-19(28(46)47)11-12-23(43)44)53-26(24)25(52-18(4)42)22(51-17(3)41)14-50-16(2)40/h13,19-20,22,24-26H,11-12,14H2,1-10H3,(H,34,39)(H,35,45)(H,43,44)(H,46,47)(H2,36,37,38,48,49)/t19-,20-,22+,24+,25+,26+/m0/s1. The lowest BCUT2D eigenvalue weighted by Gasteiger charge is -2.41. The molecule has 6 N–H and O–H groups in total. The summed E-state index contributed by atoms with van der Waals surface area (Å²) in [5.74, 6) is -9.30. The Hall–Kier alpha value is -5.96. The van der Waals surface area contributed by atoms with E-state index in [0.717, 1.165) is 33.8 Å². The second-order valence-electron chi connectivity index (χ2n) is 13.9. The molecule has 0 aliphatic carbocycles. The first-order chi connectivity index (χ1) is 25.2. The fourth-order valence-electron chi connectivity index (χ4n) is 4.59. The highest BCUT2D eigenvalue weighted by Gasteiger charge is 2.48. The number of carboxylic acids is 2. The van der Waals surface area contributed by atoms with Crippen LogP contribution in [-0.4, -0.2) is 124 Å². The number of rotatable bonds is 14. The highest BCUT2D eigenvalue weighted by molar-refractivity contribution is 6.01. The quantitative estimate of drug-likeness (QED) is 0.0601. The summed E-state index contributed by atoms with van der Waals surface area (Å²) in [7, 11) is 0. The second kappa shape index (κ2) is 20.5. The number of esters is 3. The minimum Gasteiger partial charge on any atom is -0.481 e. The zero-order chi connectivity index (χ0) is 42.4. The molecule has 22 nitrogen and oxygen atoms in total. The molecule has 0 radical (unpaired) electrons. The molecular formula is C33H49N5O17. The van der Waals surface area contributed by atoms with Crippen molar-refractivity contribution in [2.24, 2.45) is 4.99 Å². The number of hydrogen-bond acceptors (Lipinski definition) is 16. The number of carboxylic acid groups (broad SMARTS) is 2. The molecule has 1 aliphatic heterocycles. The number of guanidine groups is 1. The normalized spacial score (nSPS) is 18.1. The van der Waals surface area contributed by atoms with Crippen LogP contribution in [-0.2, 0) is 62.0 Å². The van der Waals surface area contributed by atoms with Gasteiger partial charge in [-0.25, -0.2) is 19.4 Å². The molecule has 4 amide bonds. The van der Waals surface area contributed by atoms with E-state index in [0.29, 0.717) is 0 Å². The Morgan fingerprint density at radius 1 is 0.818 bits per heavy atom. The van der Waals surface area contributed by atoms with Crippen LogP contribution in [0.3, 0.4) is 0 Å². The van der Waals surface area contributed by atoms with E-state index in [1.807, 2.05) is 0 Å². The van der Waals surface area contributed by atoms with E-state index >= 15 is 0 Å². The summed E-state index contributed by atoms with van der Waals surface area (Å²) in [5.41, 5.74) is -2.11. The molecule has 22 heteroatoms. The van der Waals surface area contributed by atoms with Gasteiger partial charge in [0.15, 0.2) is 24.1 Å². The van der Waals surface area contributed by atoms with Crippen molar-refractivity contribution < 1.29 is 81.8 Å². The maximum atomic E-state index is 13.6. The third-order valence-corrected chi connectivity index (χ3v) is 6.43. The van der Waals surface area contributed by atoms with Gasteiger partial charge in [0.1, 0.15) is 23.9 Å². The summed E-state index contributed by atoms with van der Waals surface area (Å²) in [6.45, 7) is 12.5. The van der Waals surface area contributed by atoms with E-state index in [4.69, 9.17) is 33.5 Å². The van der Waals surface area contributed by atoms with Gasteiger partial charge >= 0.3 is 42.0 Å². The third kappa shape index (κ3) is 18.6. The molecule has 6 atom stereocenters. The van der Waals surface area contributed by atoms with Gasteiger partial charge in [0.25, 0.3) is 5.91 Å². The van der Waals surface area contributed by atoms with Crippen LogP contribution in [0.5, 0.6) is 0 Å². The number of ether oxygens (including phenoxy) is 6. The molecular weight excluding hydrogens is 738 g/mol. The molecule has 0 spiro atoms. The summed E-state index contributed by atoms with van der Waals surface area (Å²) < 4.78 is 32.3. The van der Waals surface area contributed by atoms with Gasteiger partial charge in [-0.1, -0.05) is 0 Å². The lowest BCUT2D eigenvalue weighted by atomic mass is 9.91. The van der Waals surface area contributed by atoms with Crippen LogP contribution in [0, 0.1) is 0 Å². The summed E-state index contributed by atoms with van der Waals surface area (Å²) in [4.78, 5) is 116. The lowest BCUT2D eigenvalue weighted by molar-refractivity contribution is -0.187. The van der Waals surface area contributed by atoms with Gasteiger partial charge in [0.05, 0.1) is 12.1 Å². The molecule has 1 heterocycles. The van der Waals surface area contributed by atoms with E-state index in [-0.39, 0.29) is 0 Å². The van der Waals surface area contributed by atoms with E-state index in [9.17, 15) is 48.3 Å². The maximum absolute atomic E-state index is 13.6. The highest BCUT2D eigenvalue weighted by atomic mass is 16.6. The summed E-state index contributed by atoms with van der Waals surface area (Å²) in [5, 5.41) is 27.9. The zero-order valence-electron chi connectivity index (χ0n) is 32.1. The number of hydrogen-bond donors (Lipinski definition) is 6. The van der Waals surface area contributed by atoms with Gasteiger partial charge in [-0.2, -0.15) is 0 Å². The smallest absolute Gasteiger partial charge is 0.414 e. The van der Waals surface area contributed by atoms with Gasteiger partial charge < -0.3 is 49.3 Å². The Morgan fingerprint density at radius 3 is 1.76 bits per heavy atom. The van der Waals surface area contributed by atoms with Crippen molar-refractivity contribution >= 4 is 59.8 Å². The van der Waals surface area contributed by atoms with Crippen molar-refractivity contribution in [2.75, 3.05) is 6.61 Å². The monoisotopic (exact) mass is 787 g/mol. The van der Waals surface area contributed by atoms with Crippen molar-refractivity contribution in [3.8, 4) is 0 Å². The van der Waals surface area contributed by atoms with Gasteiger partial charge in [-0.15, -0.1) is 0 Å². The Bertz CT molecular complexity index is 1510. The molecule has 0 saturated heterocycles. The van der Waals surface area contributed by atoms with Crippen LogP contribution in [0.1, 0.15) is 82.1 Å². The molecule has 0 unspecified atom stereocenters. The SMILES string of the molecule is CC(=O)N[C@H]1[C@H]([C@H](OC(C)=O)[C@@H](COC(C)=O)OC(C)=O)OC(C(=O)N[C@@H](CCC(=O)O)C(=O)O)=C[C@@H]1N=C(NC(=O)OC(C)(C)C)NC(=O)OC(C)(C)C. The summed E-state index contributed by atoms with van der Waals surface area (Å²) in [6.07, 6.45) is -7.91. The number of aliphatic imine (C=N–C) groups is 1. The fraction of sp³-hybridized carbons (Fsp3) is 0.636. The van der Waals surface area contributed by atoms with Gasteiger partial charge in [0.2, 0.25) is 11.9 Å². The number of carbonyl (C=O) groups excluding carboxylic acids is 7. The first-order valence-electron chi connectivity index (χ1n) is 16.6. The van der Waals surface area contributed by atoms with Crippen LogP contribution < -0.4 is 21.3 Å². The Balaban J connectivity index is 4.15. The molecule has 0 saturated carbocycles. The molecule has 1 rings (SSSR count). The Morgan fingerprint density at radius 2 is 1.35 bits per heavy atom. The van der Waals surface area contributed by atoms with E-state index in [2.05, 4.69) is 26.3 Å². The van der Waals surface area contributed by atoms with Crippen LogP contribution >= 0.6 is 0 Å². The third-order valence-electron chi connectivity index (χ3n) is 6.43. The summed E-state index contributed by atoms with van der Waals surface area (Å²) in [6, 6.07) is -4.97. The van der Waals surface area contributed by atoms with Crippen LogP contribution in [0.25, 0.3) is 0 Å². The molecule has 0 bridgehead atoms. The van der Waals surface area contributed by atoms with Crippen LogP contribution in [0.4, 0.5) is 9.59 Å². The number of alkyl carbamates (subject to hydrolysis) is 2. The molecule has 0 aromatic heterocycles. The van der Waals surface area contributed by atoms with Gasteiger partial charge in [-0.05, 0) is 54.0 Å². The van der Waals surface area contributed by atoms with Gasteiger partial charge in [-0.3, -0.25) is 39.4 Å². The Labute approximate surface area is 316 Å². The average Bonchev–Trinajstić information content (AvgIpc) is 2.98. The van der Waals surface area contributed by atoms with Gasteiger partial charge in [0, 0.05) is 34.1 Å². The highest BCUT2D eigenvalue weighted by Crippen LogP contribution is 2.28. The molecule has 55 heavy (non-hydrogen) atoms. The minimum absolute atomic E-state index is 0.569. The average molecular weight is 788 g/mol. The first kappa shape index (κ1) is 47.1. The molecule has 308 valence electrons. The van der Waals surface area contributed by atoms with Crippen molar-refractivity contribution in [3.63, 3.8) is 0 Å². The van der Waals surface area contributed by atoms with E-state index in [1.165, 1.54) is 0 Å². The van der Waals surface area contributed by atoms with Crippen LogP contribution in [0.15, 0.2) is 16.8 Å². The van der Waals surface area contributed by atoms with Crippen molar-refractivity contribution in [2.45, 2.75) is 130 Å². The second-order valence-corrected chi connectivity index (χ2v) is 13.9. The van der Waals surface area contributed by atoms with Crippen molar-refractivity contribution in [1.82, 2.24) is 21.3 Å². The number of nitrogens with one attached hydrogen (secondary N) is 4. The van der Waals surface area contributed by atoms with Crippen molar-refractivity contribution in [3.05, 3.63) is 11.8 Å². The van der Waals surface area contributed by atoms with Crippen molar-refractivity contribution in [1.29, 1.82) is 0 Å². The maximum Gasteiger partial charge on any atom is 0.414 e. The number of nitrogens with zero attached hydrogens (tertiary/aromatic N) is 1. The Kier molecular flexibility index (Phi) is 17.5. The van der Waals surface area contributed by atoms with E-state index < -0.39 is 133 Å². The number of amides is 4. The largest absolute Gasteiger partial charge is 0.481 e. The summed E-state index contributed by atoms with van der Waals surface area (Å²) >= 11 is 0. The van der Waals surface area contributed by atoms with Crippen LogP contribution in [0.2, 0.25) is 0 Å². The minimum atomic E-state index is -1.84. The number of aliphatic carboxylic acids is 2. The molecule has 1 aliphatic rings. The fourth-order valence-corrected chi connectivity index (χ4v) is 4.59. The number of carbonyl (C=O) groups is 9. The van der Waals surface area contributed by atoms with E-state index in [1.54, 1.807) is 41.5 Å².